The molecule has 2 aliphatic rings. The van der Waals surface area contributed by atoms with Gasteiger partial charge in [0.2, 0.25) is 5.91 Å². The average Bonchev–Trinajstić information content (AvgIpc) is 3.11. The van der Waals surface area contributed by atoms with Crippen molar-refractivity contribution in [1.82, 2.24) is 24.2 Å². The number of hydrogen-bond acceptors (Lipinski definition) is 5. The van der Waals surface area contributed by atoms with E-state index < -0.39 is 5.60 Å². The summed E-state index contributed by atoms with van der Waals surface area (Å²) in [5, 5.41) is 15.2. The van der Waals surface area contributed by atoms with Gasteiger partial charge >= 0.3 is 0 Å². The topological polar surface area (TPSA) is 93.2 Å². The number of nitrogens with zero attached hydrogens (tertiary/aromatic N) is 5. The molecule has 1 N–H and O–H groups in total. The highest BCUT2D eigenvalue weighted by molar-refractivity contribution is 9.10. The molecule has 32 heavy (non-hydrogen) atoms. The molecule has 1 saturated heterocycles. The van der Waals surface area contributed by atoms with E-state index in [-0.39, 0.29) is 23.5 Å². The molecule has 4 rings (SSSR count). The molecular weight excluding hydrogens is 474 g/mol. The monoisotopic (exact) mass is 505 g/mol. The number of carbonyl (C=O) groups excluding carboxylic acids is 1. The van der Waals surface area contributed by atoms with E-state index >= 15 is 0 Å². The smallest absolute Gasteiger partial charge is 0.281 e. The first-order valence-corrected chi connectivity index (χ1v) is 12.1. The first-order chi connectivity index (χ1) is 15.4. The number of hydrogen-bond donors (Lipinski definition) is 1. The number of amides is 1. The van der Waals surface area contributed by atoms with Crippen molar-refractivity contribution in [2.75, 3.05) is 13.1 Å². The van der Waals surface area contributed by atoms with Crippen molar-refractivity contribution in [3.05, 3.63) is 45.1 Å². The van der Waals surface area contributed by atoms with Crippen molar-refractivity contribution in [2.45, 2.75) is 64.5 Å². The van der Waals surface area contributed by atoms with Crippen LogP contribution in [0, 0.1) is 0 Å². The highest BCUT2D eigenvalue weighted by Crippen LogP contribution is 2.25. The number of carbonyl (C=O) groups is 1. The normalized spacial score (nSPS) is 17.7. The van der Waals surface area contributed by atoms with Gasteiger partial charge in [-0.05, 0) is 48.0 Å². The van der Waals surface area contributed by atoms with Crippen LogP contribution in [0.1, 0.15) is 52.4 Å². The molecule has 2 aromatic heterocycles. The number of aromatic nitrogens is 4. The second-order valence-electron chi connectivity index (χ2n) is 8.15. The third-order valence-electron chi connectivity index (χ3n) is 5.95. The van der Waals surface area contributed by atoms with Crippen LogP contribution in [-0.2, 0) is 18.4 Å². The molecule has 2 aromatic rings. The van der Waals surface area contributed by atoms with Crippen molar-refractivity contribution >= 4 is 32.9 Å². The minimum atomic E-state index is -1.05. The summed E-state index contributed by atoms with van der Waals surface area (Å²) in [7, 11) is 1.73. The Labute approximate surface area is 196 Å². The van der Waals surface area contributed by atoms with Crippen LogP contribution in [0.5, 0.6) is 0 Å². The lowest BCUT2D eigenvalue weighted by molar-refractivity contribution is -0.135. The van der Waals surface area contributed by atoms with E-state index in [1.165, 1.54) is 16.5 Å². The summed E-state index contributed by atoms with van der Waals surface area (Å²) in [5.41, 5.74) is 0.688. The number of rotatable bonds is 5. The minimum Gasteiger partial charge on any atom is -0.388 e. The second-order valence-corrected chi connectivity index (χ2v) is 8.90. The summed E-state index contributed by atoms with van der Waals surface area (Å²) in [6.07, 6.45) is 12.1. The predicted molar refractivity (Wildman–Crippen MR) is 128 cm³/mol. The largest absolute Gasteiger partial charge is 0.388 e. The Morgan fingerprint density at radius 2 is 1.94 bits per heavy atom. The summed E-state index contributed by atoms with van der Waals surface area (Å²) in [6.45, 7) is 5.12. The number of piperidine rings is 1. The SMILES string of the molecule is CC.Cn1nc2c(=O)n(CC3(O)CCN(C(=O)CCC4=CCCC=C4)CC3)cnc2c1Br. The van der Waals surface area contributed by atoms with Gasteiger partial charge in [0.05, 0.1) is 18.5 Å². The molecule has 3 heterocycles. The molecule has 174 valence electrons. The predicted octanol–water partition coefficient (Wildman–Crippen LogP) is 3.33. The fourth-order valence-corrected chi connectivity index (χ4v) is 4.46. The molecule has 0 spiro atoms. The Hall–Kier alpha value is -2.26. The van der Waals surface area contributed by atoms with Crippen LogP contribution in [0.3, 0.4) is 0 Å². The van der Waals surface area contributed by atoms with Gasteiger partial charge in [0.1, 0.15) is 10.1 Å². The lowest BCUT2D eigenvalue weighted by Gasteiger charge is -2.38. The third kappa shape index (κ3) is 5.38. The molecular formula is C23H32BrN5O3. The standard InChI is InChI=1S/C21H26BrN5O3.C2H6/c1-25-19(22)17-18(24-25)20(29)27(14-23-17)13-21(30)9-11-26(12-10-21)16(28)8-7-15-5-3-2-4-6-15;1-2/h3,5-6,14,30H,2,4,7-13H2,1H3;1-2H3. The number of aryl methyl sites for hydroxylation is 1. The van der Waals surface area contributed by atoms with Crippen LogP contribution in [0.25, 0.3) is 11.0 Å². The van der Waals surface area contributed by atoms with Crippen LogP contribution in [0.4, 0.5) is 0 Å². The molecule has 0 aromatic carbocycles. The Balaban J connectivity index is 0.00000141. The number of halogens is 1. The number of fused-ring (bicyclic) bond motifs is 1. The highest BCUT2D eigenvalue weighted by atomic mass is 79.9. The van der Waals surface area contributed by atoms with Crippen LogP contribution < -0.4 is 5.56 Å². The van der Waals surface area contributed by atoms with Crippen molar-refractivity contribution in [3.8, 4) is 0 Å². The molecule has 1 fully saturated rings. The Kier molecular flexibility index (Phi) is 8.05. The zero-order valence-electron chi connectivity index (χ0n) is 19.1. The van der Waals surface area contributed by atoms with Gasteiger partial charge in [0, 0.05) is 26.6 Å². The summed E-state index contributed by atoms with van der Waals surface area (Å²) in [4.78, 5) is 31.5. The quantitative estimate of drug-likeness (QED) is 0.672. The Bertz CT molecular complexity index is 1080. The Morgan fingerprint density at radius 1 is 1.22 bits per heavy atom. The molecule has 0 radical (unpaired) electrons. The molecule has 1 aliphatic carbocycles. The average molecular weight is 506 g/mol. The van der Waals surface area contributed by atoms with Gasteiger partial charge in [0.15, 0.2) is 5.52 Å². The summed E-state index contributed by atoms with van der Waals surface area (Å²) >= 11 is 3.37. The van der Waals surface area contributed by atoms with Crippen molar-refractivity contribution in [3.63, 3.8) is 0 Å². The van der Waals surface area contributed by atoms with Crippen LogP contribution >= 0.6 is 15.9 Å². The van der Waals surface area contributed by atoms with Gasteiger partial charge in [0.25, 0.3) is 5.56 Å². The lowest BCUT2D eigenvalue weighted by atomic mass is 9.91. The number of allylic oxidation sites excluding steroid dienone is 4. The van der Waals surface area contributed by atoms with Gasteiger partial charge < -0.3 is 10.0 Å². The molecule has 0 bridgehead atoms. The molecule has 0 atom stereocenters. The van der Waals surface area contributed by atoms with Gasteiger partial charge in [-0.25, -0.2) is 4.98 Å². The summed E-state index contributed by atoms with van der Waals surface area (Å²) < 4.78 is 3.62. The maximum absolute atomic E-state index is 12.8. The molecule has 0 unspecified atom stereocenters. The van der Waals surface area contributed by atoms with E-state index in [4.69, 9.17) is 0 Å². The summed E-state index contributed by atoms with van der Waals surface area (Å²) in [6, 6.07) is 0. The number of likely N-dealkylation sites (tertiary alicyclic amines) is 1. The first kappa shape index (κ1) is 24.4. The van der Waals surface area contributed by atoms with E-state index in [1.807, 2.05) is 18.7 Å². The fourth-order valence-electron chi connectivity index (χ4n) is 4.09. The van der Waals surface area contributed by atoms with E-state index in [0.717, 1.165) is 19.3 Å². The highest BCUT2D eigenvalue weighted by Gasteiger charge is 2.34. The molecule has 8 nitrogen and oxygen atoms in total. The van der Waals surface area contributed by atoms with E-state index in [1.54, 1.807) is 11.7 Å². The Morgan fingerprint density at radius 3 is 2.59 bits per heavy atom. The zero-order valence-corrected chi connectivity index (χ0v) is 20.6. The van der Waals surface area contributed by atoms with E-state index in [9.17, 15) is 14.7 Å². The maximum atomic E-state index is 12.8. The molecule has 1 amide bonds. The minimum absolute atomic E-state index is 0.121. The third-order valence-corrected chi connectivity index (χ3v) is 6.84. The zero-order chi connectivity index (χ0) is 23.3. The van der Waals surface area contributed by atoms with E-state index in [2.05, 4.69) is 44.2 Å². The fraction of sp³-hybridized carbons (Fsp3) is 0.565. The van der Waals surface area contributed by atoms with Gasteiger partial charge in [-0.15, -0.1) is 0 Å². The summed E-state index contributed by atoms with van der Waals surface area (Å²) in [5.74, 6) is 0.121. The van der Waals surface area contributed by atoms with Gasteiger partial charge in [-0.1, -0.05) is 37.6 Å². The van der Waals surface area contributed by atoms with Gasteiger partial charge in [-0.3, -0.25) is 18.8 Å². The van der Waals surface area contributed by atoms with Crippen molar-refractivity contribution < 1.29 is 9.90 Å². The first-order valence-electron chi connectivity index (χ1n) is 11.3. The lowest BCUT2D eigenvalue weighted by Crippen LogP contribution is -2.49. The number of aliphatic hydroxyl groups is 1. The molecule has 1 aliphatic heterocycles. The van der Waals surface area contributed by atoms with Crippen LogP contribution in [-0.4, -0.2) is 53.9 Å². The second kappa shape index (κ2) is 10.6. The van der Waals surface area contributed by atoms with Crippen molar-refractivity contribution in [1.29, 1.82) is 0 Å². The maximum Gasteiger partial charge on any atom is 0.281 e. The van der Waals surface area contributed by atoms with Crippen molar-refractivity contribution in [2.24, 2.45) is 7.05 Å². The molecule has 0 saturated carbocycles. The molecule has 9 heteroatoms. The van der Waals surface area contributed by atoms with Crippen LogP contribution in [0.2, 0.25) is 0 Å². The van der Waals surface area contributed by atoms with Gasteiger partial charge in [-0.2, -0.15) is 5.10 Å². The van der Waals surface area contributed by atoms with Crippen LogP contribution in [0.15, 0.2) is 39.5 Å². The van der Waals surface area contributed by atoms with E-state index in [0.29, 0.717) is 42.5 Å².